The Morgan fingerprint density at radius 3 is 2.10 bits per heavy atom. The molecule has 146 valence electrons. The number of rotatable bonds is 5. The van der Waals surface area contributed by atoms with E-state index >= 15 is 0 Å². The van der Waals surface area contributed by atoms with E-state index in [1.807, 2.05) is 0 Å². The Kier molecular flexibility index (Phi) is 5.40. The molecule has 0 aliphatic heterocycles. The van der Waals surface area contributed by atoms with Crippen LogP contribution < -0.4 is 5.32 Å². The van der Waals surface area contributed by atoms with Crippen LogP contribution in [-0.4, -0.2) is 0 Å². The number of benzene rings is 3. The molecule has 1 nitrogen and oxygen atoms in total. The minimum absolute atomic E-state index is 0.367. The first kappa shape index (κ1) is 19.3. The van der Waals surface area contributed by atoms with E-state index in [0.29, 0.717) is 11.8 Å². The maximum absolute atomic E-state index is 3.68. The maximum atomic E-state index is 3.68. The van der Waals surface area contributed by atoms with Crippen LogP contribution in [-0.2, 0) is 0 Å². The van der Waals surface area contributed by atoms with Crippen molar-refractivity contribution in [2.24, 2.45) is 0 Å². The van der Waals surface area contributed by atoms with E-state index in [0.717, 1.165) is 11.4 Å². The summed E-state index contributed by atoms with van der Waals surface area (Å²) in [7, 11) is 0. The first-order valence-electron chi connectivity index (χ1n) is 10.5. The molecule has 0 unspecified atom stereocenters. The molecule has 0 aromatic heterocycles. The van der Waals surface area contributed by atoms with Crippen LogP contribution in [0.15, 0.2) is 85.0 Å². The quantitative estimate of drug-likeness (QED) is 0.473. The molecule has 0 heterocycles. The van der Waals surface area contributed by atoms with Crippen LogP contribution in [0.3, 0.4) is 0 Å². The van der Waals surface area contributed by atoms with Crippen LogP contribution in [0.25, 0.3) is 11.1 Å². The van der Waals surface area contributed by atoms with Crippen molar-refractivity contribution in [3.05, 3.63) is 107 Å². The maximum Gasteiger partial charge on any atom is 0.0464 e. The zero-order chi connectivity index (χ0) is 20.4. The van der Waals surface area contributed by atoms with Gasteiger partial charge in [-0.1, -0.05) is 80.6 Å². The van der Waals surface area contributed by atoms with E-state index in [1.54, 1.807) is 0 Å². The van der Waals surface area contributed by atoms with Crippen molar-refractivity contribution in [3.63, 3.8) is 0 Å². The number of allylic oxidation sites excluding steroid dienone is 4. The minimum atomic E-state index is 0.367. The normalized spacial score (nSPS) is 13.4. The average molecular weight is 380 g/mol. The van der Waals surface area contributed by atoms with Crippen LogP contribution in [0.1, 0.15) is 47.9 Å². The van der Waals surface area contributed by atoms with Gasteiger partial charge in [-0.05, 0) is 65.8 Å². The highest BCUT2D eigenvalue weighted by molar-refractivity contribution is 5.84. The van der Waals surface area contributed by atoms with Gasteiger partial charge in [0.25, 0.3) is 0 Å². The first-order chi connectivity index (χ1) is 14.0. The molecule has 0 atom stereocenters. The molecule has 29 heavy (non-hydrogen) atoms. The predicted molar refractivity (Wildman–Crippen MR) is 126 cm³/mol. The van der Waals surface area contributed by atoms with E-state index in [2.05, 4.69) is 118 Å². The molecule has 3 aromatic carbocycles. The SMILES string of the molecule is Cc1cc(C)cc(Nc2ccccc2-c2cccc(C3C=CC=C3)c2C(C)C)c1. The fourth-order valence-corrected chi connectivity index (χ4v) is 4.42. The van der Waals surface area contributed by atoms with Crippen LogP contribution in [0, 0.1) is 13.8 Å². The Balaban J connectivity index is 1.83. The third-order valence-corrected chi connectivity index (χ3v) is 5.54. The summed E-state index contributed by atoms with van der Waals surface area (Å²) in [6.07, 6.45) is 8.86. The van der Waals surface area contributed by atoms with Crippen LogP contribution >= 0.6 is 0 Å². The standard InChI is InChI=1S/C28H29N/c1-19(2)28-24(22-10-5-6-11-22)13-9-14-26(28)25-12-7-8-15-27(25)29-23-17-20(3)16-21(4)18-23/h5-19,22,29H,1-4H3. The molecule has 1 aliphatic rings. The molecule has 0 bridgehead atoms. The molecular formula is C28H29N. The lowest BCUT2D eigenvalue weighted by Crippen LogP contribution is -2.03. The van der Waals surface area contributed by atoms with Crippen LogP contribution in [0.4, 0.5) is 11.4 Å². The molecule has 0 spiro atoms. The highest BCUT2D eigenvalue weighted by atomic mass is 14.9. The van der Waals surface area contributed by atoms with Gasteiger partial charge in [0.2, 0.25) is 0 Å². The zero-order valence-electron chi connectivity index (χ0n) is 17.7. The lowest BCUT2D eigenvalue weighted by molar-refractivity contribution is 0.842. The highest BCUT2D eigenvalue weighted by Gasteiger charge is 2.19. The third kappa shape index (κ3) is 4.05. The van der Waals surface area contributed by atoms with Gasteiger partial charge >= 0.3 is 0 Å². The van der Waals surface area contributed by atoms with Crippen molar-refractivity contribution < 1.29 is 0 Å². The van der Waals surface area contributed by atoms with E-state index < -0.39 is 0 Å². The van der Waals surface area contributed by atoms with Gasteiger partial charge in [0.15, 0.2) is 0 Å². The third-order valence-electron chi connectivity index (χ3n) is 5.54. The smallest absolute Gasteiger partial charge is 0.0464 e. The van der Waals surface area contributed by atoms with Crippen LogP contribution in [0.2, 0.25) is 0 Å². The molecule has 0 fully saturated rings. The van der Waals surface area contributed by atoms with Gasteiger partial charge in [-0.15, -0.1) is 0 Å². The number of aryl methyl sites for hydroxylation is 2. The van der Waals surface area contributed by atoms with Crippen LogP contribution in [0.5, 0.6) is 0 Å². The fourth-order valence-electron chi connectivity index (χ4n) is 4.42. The summed E-state index contributed by atoms with van der Waals surface area (Å²) in [6.45, 7) is 8.88. The first-order valence-corrected chi connectivity index (χ1v) is 10.5. The number of anilines is 2. The average Bonchev–Trinajstić information content (AvgIpc) is 3.21. The molecular weight excluding hydrogens is 350 g/mol. The fraction of sp³-hybridized carbons (Fsp3) is 0.214. The molecule has 1 aliphatic carbocycles. The summed E-state index contributed by atoms with van der Waals surface area (Å²) < 4.78 is 0. The minimum Gasteiger partial charge on any atom is -0.355 e. The molecule has 1 heteroatoms. The largest absolute Gasteiger partial charge is 0.355 e. The molecule has 0 radical (unpaired) electrons. The van der Waals surface area contributed by atoms with Gasteiger partial charge < -0.3 is 5.32 Å². The van der Waals surface area contributed by atoms with Gasteiger partial charge in [0.1, 0.15) is 0 Å². The summed E-state index contributed by atoms with van der Waals surface area (Å²) in [5.41, 5.74) is 10.2. The number of hydrogen-bond acceptors (Lipinski definition) is 1. The molecule has 0 saturated carbocycles. The van der Waals surface area contributed by atoms with Crippen molar-refractivity contribution in [2.45, 2.75) is 39.5 Å². The monoisotopic (exact) mass is 379 g/mol. The Labute approximate surface area is 174 Å². The second kappa shape index (κ2) is 8.13. The molecule has 1 N–H and O–H groups in total. The van der Waals surface area contributed by atoms with Gasteiger partial charge in [-0.2, -0.15) is 0 Å². The summed E-state index contributed by atoms with van der Waals surface area (Å²) in [5, 5.41) is 3.68. The summed E-state index contributed by atoms with van der Waals surface area (Å²) in [5.74, 6) is 0.810. The second-order valence-corrected chi connectivity index (χ2v) is 8.31. The lowest BCUT2D eigenvalue weighted by Gasteiger charge is -2.22. The van der Waals surface area contributed by atoms with E-state index in [9.17, 15) is 0 Å². The lowest BCUT2D eigenvalue weighted by atomic mass is 9.83. The van der Waals surface area contributed by atoms with Crippen molar-refractivity contribution in [2.75, 3.05) is 5.32 Å². The second-order valence-electron chi connectivity index (χ2n) is 8.31. The van der Waals surface area contributed by atoms with E-state index in [4.69, 9.17) is 0 Å². The Morgan fingerprint density at radius 2 is 1.41 bits per heavy atom. The number of nitrogens with one attached hydrogen (secondary N) is 1. The molecule has 4 rings (SSSR count). The zero-order valence-corrected chi connectivity index (χ0v) is 17.7. The topological polar surface area (TPSA) is 12.0 Å². The van der Waals surface area contributed by atoms with Crippen molar-refractivity contribution in [1.82, 2.24) is 0 Å². The predicted octanol–water partition coefficient (Wildman–Crippen LogP) is 8.05. The molecule has 0 saturated heterocycles. The molecule has 0 amide bonds. The van der Waals surface area contributed by atoms with Crippen molar-refractivity contribution in [1.29, 1.82) is 0 Å². The number of para-hydroxylation sites is 1. The van der Waals surface area contributed by atoms with Crippen molar-refractivity contribution in [3.8, 4) is 11.1 Å². The van der Waals surface area contributed by atoms with E-state index in [-0.39, 0.29) is 0 Å². The Bertz CT molecular complexity index is 1050. The van der Waals surface area contributed by atoms with Gasteiger partial charge in [0.05, 0.1) is 0 Å². The highest BCUT2D eigenvalue weighted by Crippen LogP contribution is 2.40. The Morgan fingerprint density at radius 1 is 0.759 bits per heavy atom. The Hall–Kier alpha value is -3.06. The van der Waals surface area contributed by atoms with Crippen molar-refractivity contribution >= 4 is 11.4 Å². The summed E-state index contributed by atoms with van der Waals surface area (Å²) in [4.78, 5) is 0. The summed E-state index contributed by atoms with van der Waals surface area (Å²) in [6, 6.07) is 22.0. The number of hydrogen-bond donors (Lipinski definition) is 1. The van der Waals surface area contributed by atoms with Gasteiger partial charge in [-0.3, -0.25) is 0 Å². The van der Waals surface area contributed by atoms with Gasteiger partial charge in [0, 0.05) is 22.9 Å². The molecule has 3 aromatic rings. The van der Waals surface area contributed by atoms with E-state index in [1.165, 1.54) is 33.4 Å². The summed E-state index contributed by atoms with van der Waals surface area (Å²) >= 11 is 0. The van der Waals surface area contributed by atoms with Gasteiger partial charge in [-0.25, -0.2) is 0 Å².